The molecule has 0 atom stereocenters. The van der Waals surface area contributed by atoms with Crippen LogP contribution in [0.15, 0.2) is 0 Å². The molecule has 0 aliphatic rings. The van der Waals surface area contributed by atoms with Crippen molar-refractivity contribution in [3.8, 4) is 0 Å². The fourth-order valence-corrected chi connectivity index (χ4v) is 0. The van der Waals surface area contributed by atoms with Gasteiger partial charge in [0, 0.05) is 0 Å². The van der Waals surface area contributed by atoms with Gasteiger partial charge in [0.25, 0.3) is 0 Å². The zero-order valence-electron chi connectivity index (χ0n) is 1.21. The molecule has 24 valence electrons. The first kappa shape index (κ1) is 30.2. The van der Waals surface area contributed by atoms with Gasteiger partial charge in [0.1, 0.15) is 0 Å². The van der Waals surface area contributed by atoms with Gasteiger partial charge in [-0.3, -0.25) is 0 Å². The SMILES string of the molecule is N.O.[CaH2].[SrH2]. The molecule has 0 amide bonds. The Hall–Kier alpha value is 2.66. The summed E-state index contributed by atoms with van der Waals surface area (Å²) in [7, 11) is 0. The van der Waals surface area contributed by atoms with Crippen molar-refractivity contribution in [1.82, 2.24) is 6.15 Å². The molecule has 2 nitrogen and oxygen atoms in total. The van der Waals surface area contributed by atoms with Crippen molar-refractivity contribution in [3.05, 3.63) is 0 Å². The number of rotatable bonds is 0. The topological polar surface area (TPSA) is 66.5 Å². The summed E-state index contributed by atoms with van der Waals surface area (Å²) < 4.78 is 0. The van der Waals surface area contributed by atoms with Gasteiger partial charge in [-0.05, 0) is 0 Å². The normalized spacial score (nSPS) is 0. The van der Waals surface area contributed by atoms with Crippen molar-refractivity contribution < 1.29 is 5.48 Å². The molecule has 0 saturated carbocycles. The molecule has 0 fully saturated rings. The summed E-state index contributed by atoms with van der Waals surface area (Å²) >= 11 is 0. The van der Waals surface area contributed by atoms with Crippen LogP contribution < -0.4 is 6.15 Å². The summed E-state index contributed by atoms with van der Waals surface area (Å²) in [6.07, 6.45) is 0. The van der Waals surface area contributed by atoms with E-state index in [2.05, 4.69) is 0 Å². The van der Waals surface area contributed by atoms with Crippen LogP contribution in [0.4, 0.5) is 0 Å². The molecule has 0 unspecified atom stereocenters. The standard InChI is InChI=1S/Ca.H3N.H2O.Sr.4H/h;1H3;1H2;;;;;. The fourth-order valence-electron chi connectivity index (χ4n) is 0. The van der Waals surface area contributed by atoms with Crippen LogP contribution in [0.2, 0.25) is 0 Å². The van der Waals surface area contributed by atoms with E-state index in [1.165, 1.54) is 0 Å². The Morgan fingerprint density at radius 3 is 1.00 bits per heavy atom. The van der Waals surface area contributed by atoms with Gasteiger partial charge in [-0.15, -0.1) is 0 Å². The van der Waals surface area contributed by atoms with E-state index >= 15 is 0 Å². The van der Waals surface area contributed by atoms with Crippen LogP contribution in [0, 0.1) is 0 Å². The van der Waals surface area contributed by atoms with Gasteiger partial charge >= 0.3 is 83.2 Å². The van der Waals surface area contributed by atoms with E-state index in [0.717, 1.165) is 0 Å². The molecule has 0 saturated heterocycles. The zero-order chi connectivity index (χ0) is 0. The van der Waals surface area contributed by atoms with E-state index in [0.29, 0.717) is 0 Å². The molecule has 0 radical (unpaired) electrons. The molecule has 4 heteroatoms. The summed E-state index contributed by atoms with van der Waals surface area (Å²) in [5, 5.41) is 0. The van der Waals surface area contributed by atoms with Crippen molar-refractivity contribution in [2.45, 2.75) is 0 Å². The summed E-state index contributed by atoms with van der Waals surface area (Å²) in [6, 6.07) is 0. The third-order valence-electron chi connectivity index (χ3n) is 0. The minimum absolute atomic E-state index is 0. The number of hydrogen-bond acceptors (Lipinski definition) is 1. The predicted molar refractivity (Wildman–Crippen MR) is 25.7 cm³/mol. The Balaban J connectivity index is 0. The summed E-state index contributed by atoms with van der Waals surface area (Å²) in [6.45, 7) is 0. The molecular formula is H9CaNOSr. The van der Waals surface area contributed by atoms with Crippen LogP contribution in [-0.2, 0) is 0 Å². The van der Waals surface area contributed by atoms with E-state index < -0.39 is 0 Å². The van der Waals surface area contributed by atoms with E-state index in [9.17, 15) is 0 Å². The fraction of sp³-hybridized carbons (Fsp3) is 0. The van der Waals surface area contributed by atoms with Crippen molar-refractivity contribution in [1.29, 1.82) is 0 Å². The Kier molecular flexibility index (Phi) is 131. The Morgan fingerprint density at radius 1 is 1.00 bits per heavy atom. The molecule has 0 aromatic carbocycles. The van der Waals surface area contributed by atoms with E-state index in [1.54, 1.807) is 0 Å². The molecule has 0 bridgehead atoms. The van der Waals surface area contributed by atoms with Crippen LogP contribution >= 0.6 is 0 Å². The first-order valence-corrected chi connectivity index (χ1v) is 0. The van der Waals surface area contributed by atoms with Crippen LogP contribution in [0.1, 0.15) is 0 Å². The van der Waals surface area contributed by atoms with E-state index in [1.807, 2.05) is 0 Å². The van der Waals surface area contributed by atoms with Gasteiger partial charge in [-0.2, -0.15) is 0 Å². The summed E-state index contributed by atoms with van der Waals surface area (Å²) in [4.78, 5) is 0. The molecule has 0 aromatic heterocycles. The monoisotopic (exact) mass is 167 g/mol. The Morgan fingerprint density at radius 2 is 1.00 bits per heavy atom. The molecule has 0 aliphatic heterocycles. The van der Waals surface area contributed by atoms with Crippen molar-refractivity contribution in [2.75, 3.05) is 0 Å². The first-order valence-electron chi connectivity index (χ1n) is 0. The maximum absolute atomic E-state index is 0. The van der Waals surface area contributed by atoms with Crippen LogP contribution in [0.5, 0.6) is 0 Å². The molecule has 0 aliphatic carbocycles. The van der Waals surface area contributed by atoms with Crippen molar-refractivity contribution in [2.24, 2.45) is 0 Å². The molecule has 5 N–H and O–H groups in total. The average molecular weight is 167 g/mol. The van der Waals surface area contributed by atoms with Gasteiger partial charge in [0.05, 0.1) is 0 Å². The second kappa shape index (κ2) is 17.4. The van der Waals surface area contributed by atoms with E-state index in [-0.39, 0.29) is 94.8 Å². The zero-order valence-corrected chi connectivity index (χ0v) is 1.21. The molecule has 4 heavy (non-hydrogen) atoms. The summed E-state index contributed by atoms with van der Waals surface area (Å²) in [5.74, 6) is 0. The van der Waals surface area contributed by atoms with Gasteiger partial charge in [-0.25, -0.2) is 0 Å². The van der Waals surface area contributed by atoms with Gasteiger partial charge in [-0.1, -0.05) is 0 Å². The Bertz CT molecular complexity index is 8.00. The van der Waals surface area contributed by atoms with Gasteiger partial charge in [0.15, 0.2) is 0 Å². The van der Waals surface area contributed by atoms with Gasteiger partial charge < -0.3 is 11.6 Å². The second-order valence-electron chi connectivity index (χ2n) is 0. The van der Waals surface area contributed by atoms with E-state index in [4.69, 9.17) is 0 Å². The third-order valence-corrected chi connectivity index (χ3v) is 0. The van der Waals surface area contributed by atoms with Gasteiger partial charge in [0.2, 0.25) is 0 Å². The van der Waals surface area contributed by atoms with Crippen LogP contribution in [0.3, 0.4) is 0 Å². The molecule has 0 aromatic rings. The minimum atomic E-state index is 0. The van der Waals surface area contributed by atoms with Crippen LogP contribution in [0.25, 0.3) is 0 Å². The second-order valence-corrected chi connectivity index (χ2v) is 0. The maximum atomic E-state index is 0. The molecule has 0 heterocycles. The molecular weight excluding hydrogens is 158 g/mol. The Labute approximate surface area is 92.5 Å². The number of hydrogen-bond donors (Lipinski definition) is 1. The van der Waals surface area contributed by atoms with Crippen LogP contribution in [-0.4, -0.2) is 88.7 Å². The van der Waals surface area contributed by atoms with Crippen molar-refractivity contribution >= 4 is 83.2 Å². The first-order chi connectivity index (χ1) is 0. The predicted octanol–water partition coefficient (Wildman–Crippen LogP) is -2.50. The van der Waals surface area contributed by atoms with Crippen molar-refractivity contribution in [3.63, 3.8) is 0 Å². The molecule has 0 spiro atoms. The summed E-state index contributed by atoms with van der Waals surface area (Å²) in [5.41, 5.74) is 0. The quantitative estimate of drug-likeness (QED) is 0.398. The molecule has 0 rings (SSSR count). The third kappa shape index (κ3) is 8.82. The average Bonchev–Trinajstić information content (AvgIpc) is 0.